The van der Waals surface area contributed by atoms with Gasteiger partial charge in [-0.25, -0.2) is 0 Å². The first-order valence-electron chi connectivity index (χ1n) is 5.49. The first kappa shape index (κ1) is 12.7. The Kier molecular flexibility index (Phi) is 5.57. The molecule has 0 aromatic heterocycles. The zero-order chi connectivity index (χ0) is 11.8. The summed E-state index contributed by atoms with van der Waals surface area (Å²) in [4.78, 5) is 11.4. The minimum Gasteiger partial charge on any atom is -0.463 e. The van der Waals surface area contributed by atoms with E-state index in [1.165, 1.54) is 0 Å². The molecule has 0 radical (unpaired) electrons. The Bertz CT molecular complexity index is 306. The van der Waals surface area contributed by atoms with Crippen molar-refractivity contribution >= 4 is 5.97 Å². The quantitative estimate of drug-likeness (QED) is 0.546. The van der Waals surface area contributed by atoms with Gasteiger partial charge in [0, 0.05) is 0 Å². The van der Waals surface area contributed by atoms with E-state index < -0.39 is 0 Å². The second-order valence-corrected chi connectivity index (χ2v) is 3.80. The van der Waals surface area contributed by atoms with Crippen molar-refractivity contribution < 1.29 is 14.3 Å². The molecule has 0 aliphatic carbocycles. The first-order valence-corrected chi connectivity index (χ1v) is 5.49. The summed E-state index contributed by atoms with van der Waals surface area (Å²) in [5.74, 6) is -0.210. The van der Waals surface area contributed by atoms with Crippen molar-refractivity contribution in [1.82, 2.24) is 0 Å². The lowest BCUT2D eigenvalue weighted by Crippen LogP contribution is -2.14. The molecule has 1 rings (SSSR count). The van der Waals surface area contributed by atoms with Crippen LogP contribution in [0.3, 0.4) is 0 Å². The van der Waals surface area contributed by atoms with Gasteiger partial charge in [0.05, 0.1) is 19.1 Å². The van der Waals surface area contributed by atoms with Gasteiger partial charge >= 0.3 is 5.97 Å². The van der Waals surface area contributed by atoms with Crippen molar-refractivity contribution in [3.8, 4) is 0 Å². The van der Waals surface area contributed by atoms with E-state index in [9.17, 15) is 4.79 Å². The largest absolute Gasteiger partial charge is 0.463 e. The molecule has 0 amide bonds. The Morgan fingerprint density at radius 2 is 1.88 bits per heavy atom. The van der Waals surface area contributed by atoms with Gasteiger partial charge in [-0.3, -0.25) is 4.79 Å². The fourth-order valence-electron chi connectivity index (χ4n) is 1.25. The Balaban J connectivity index is 2.17. The third kappa shape index (κ3) is 5.51. The van der Waals surface area contributed by atoms with E-state index in [0.29, 0.717) is 19.6 Å². The highest BCUT2D eigenvalue weighted by Gasteiger charge is 2.04. The van der Waals surface area contributed by atoms with Gasteiger partial charge in [-0.2, -0.15) is 0 Å². The monoisotopic (exact) mass is 222 g/mol. The molecule has 0 fully saturated rings. The highest BCUT2D eigenvalue weighted by Crippen LogP contribution is 2.00. The minimum absolute atomic E-state index is 0.174. The van der Waals surface area contributed by atoms with Crippen LogP contribution >= 0.6 is 0 Å². The van der Waals surface area contributed by atoms with Crippen molar-refractivity contribution in [2.75, 3.05) is 13.2 Å². The van der Waals surface area contributed by atoms with Crippen molar-refractivity contribution in [3.63, 3.8) is 0 Å². The van der Waals surface area contributed by atoms with Crippen molar-refractivity contribution in [3.05, 3.63) is 35.9 Å². The molecule has 0 bridgehead atoms. The number of ether oxygens (including phenoxy) is 2. The van der Waals surface area contributed by atoms with Gasteiger partial charge in [0.1, 0.15) is 6.61 Å². The number of rotatable bonds is 6. The van der Waals surface area contributed by atoms with E-state index in [0.717, 1.165) is 5.56 Å². The molecule has 88 valence electrons. The van der Waals surface area contributed by atoms with Crippen LogP contribution in [0.1, 0.15) is 19.4 Å². The summed E-state index contributed by atoms with van der Waals surface area (Å²) in [6, 6.07) is 9.55. The lowest BCUT2D eigenvalue weighted by atomic mass is 10.2. The summed E-state index contributed by atoms with van der Waals surface area (Å²) < 4.78 is 10.3. The van der Waals surface area contributed by atoms with Crippen molar-refractivity contribution in [2.24, 2.45) is 0 Å². The van der Waals surface area contributed by atoms with Crippen LogP contribution in [-0.4, -0.2) is 25.3 Å². The van der Waals surface area contributed by atoms with E-state index in [1.54, 1.807) is 0 Å². The lowest BCUT2D eigenvalue weighted by molar-refractivity contribution is -0.144. The highest BCUT2D eigenvalue weighted by molar-refractivity contribution is 5.72. The summed E-state index contributed by atoms with van der Waals surface area (Å²) in [7, 11) is 0. The number of carbonyl (C=O) groups excluding carboxylic acids is 1. The van der Waals surface area contributed by atoms with E-state index in [1.807, 2.05) is 44.2 Å². The Labute approximate surface area is 96.4 Å². The molecule has 0 N–H and O–H groups in total. The van der Waals surface area contributed by atoms with Gasteiger partial charge in [-0.05, 0) is 19.4 Å². The lowest BCUT2D eigenvalue weighted by Gasteiger charge is -2.08. The summed E-state index contributed by atoms with van der Waals surface area (Å²) in [6.45, 7) is 4.68. The average molecular weight is 222 g/mol. The number of esters is 1. The van der Waals surface area contributed by atoms with Gasteiger partial charge in [-0.15, -0.1) is 0 Å². The van der Waals surface area contributed by atoms with Crippen LogP contribution in [0, 0.1) is 0 Å². The smallest absolute Gasteiger partial charge is 0.310 e. The minimum atomic E-state index is -0.210. The Hall–Kier alpha value is -1.35. The molecule has 0 saturated heterocycles. The van der Waals surface area contributed by atoms with Crippen LogP contribution in [0.5, 0.6) is 0 Å². The zero-order valence-corrected chi connectivity index (χ0v) is 9.81. The summed E-state index contributed by atoms with van der Waals surface area (Å²) in [6.07, 6.45) is 0.496. The van der Waals surface area contributed by atoms with Crippen LogP contribution in [0.15, 0.2) is 30.3 Å². The van der Waals surface area contributed by atoms with Gasteiger partial charge in [0.25, 0.3) is 0 Å². The van der Waals surface area contributed by atoms with Gasteiger partial charge < -0.3 is 9.47 Å². The highest BCUT2D eigenvalue weighted by atomic mass is 16.6. The van der Waals surface area contributed by atoms with E-state index in [-0.39, 0.29) is 12.1 Å². The molecular weight excluding hydrogens is 204 g/mol. The van der Waals surface area contributed by atoms with Crippen LogP contribution < -0.4 is 0 Å². The molecule has 0 aliphatic heterocycles. The van der Waals surface area contributed by atoms with Gasteiger partial charge in [0.15, 0.2) is 0 Å². The molecule has 3 heteroatoms. The summed E-state index contributed by atoms with van der Waals surface area (Å²) in [5, 5.41) is 0. The molecule has 0 saturated carbocycles. The summed E-state index contributed by atoms with van der Waals surface area (Å²) in [5.41, 5.74) is 0.970. The Morgan fingerprint density at radius 3 is 2.50 bits per heavy atom. The first-order chi connectivity index (χ1) is 7.68. The molecule has 0 unspecified atom stereocenters. The standard InChI is InChI=1S/C13H18O3/c1-11(2)15-8-9-16-13(14)10-12-6-4-3-5-7-12/h3-7,11H,8-10H2,1-2H3. The second-order valence-electron chi connectivity index (χ2n) is 3.80. The van der Waals surface area contributed by atoms with Crippen LogP contribution in [0.4, 0.5) is 0 Å². The molecule has 1 aromatic rings. The predicted octanol–water partition coefficient (Wildman–Crippen LogP) is 2.20. The molecular formula is C13H18O3. The molecule has 0 spiro atoms. The predicted molar refractivity (Wildman–Crippen MR) is 62.2 cm³/mol. The SMILES string of the molecule is CC(C)OCCOC(=O)Cc1ccccc1. The fourth-order valence-corrected chi connectivity index (χ4v) is 1.25. The Morgan fingerprint density at radius 1 is 1.19 bits per heavy atom. The van der Waals surface area contributed by atoms with E-state index >= 15 is 0 Å². The molecule has 16 heavy (non-hydrogen) atoms. The molecule has 3 nitrogen and oxygen atoms in total. The third-order valence-corrected chi connectivity index (χ3v) is 1.99. The third-order valence-electron chi connectivity index (χ3n) is 1.99. The van der Waals surface area contributed by atoms with E-state index in [2.05, 4.69) is 0 Å². The normalized spacial score (nSPS) is 10.4. The maximum Gasteiger partial charge on any atom is 0.310 e. The van der Waals surface area contributed by atoms with Crippen LogP contribution in [0.2, 0.25) is 0 Å². The maximum atomic E-state index is 11.4. The average Bonchev–Trinajstić information content (AvgIpc) is 2.25. The number of carbonyl (C=O) groups is 1. The fraction of sp³-hybridized carbons (Fsp3) is 0.462. The molecule has 0 aliphatic rings. The van der Waals surface area contributed by atoms with Gasteiger partial charge in [-0.1, -0.05) is 30.3 Å². The van der Waals surface area contributed by atoms with Crippen molar-refractivity contribution in [1.29, 1.82) is 0 Å². The maximum absolute atomic E-state index is 11.4. The van der Waals surface area contributed by atoms with Crippen molar-refractivity contribution in [2.45, 2.75) is 26.4 Å². The van der Waals surface area contributed by atoms with Crippen LogP contribution in [-0.2, 0) is 20.7 Å². The molecule has 0 atom stereocenters. The zero-order valence-electron chi connectivity index (χ0n) is 9.81. The van der Waals surface area contributed by atoms with E-state index in [4.69, 9.17) is 9.47 Å². The number of benzene rings is 1. The number of hydrogen-bond donors (Lipinski definition) is 0. The molecule has 1 aromatic carbocycles. The second kappa shape index (κ2) is 7.01. The molecule has 0 heterocycles. The summed E-state index contributed by atoms with van der Waals surface area (Å²) >= 11 is 0. The number of hydrogen-bond acceptors (Lipinski definition) is 3. The van der Waals surface area contributed by atoms with Crippen LogP contribution in [0.25, 0.3) is 0 Å². The van der Waals surface area contributed by atoms with Gasteiger partial charge in [0.2, 0.25) is 0 Å². The topological polar surface area (TPSA) is 35.5 Å².